The third-order valence-electron chi connectivity index (χ3n) is 7.77. The Morgan fingerprint density at radius 1 is 0.969 bits per heavy atom. The van der Waals surface area contributed by atoms with E-state index in [1.807, 2.05) is 35.2 Å². The molecule has 0 bridgehead atoms. The van der Waals surface area contributed by atoms with Crippen molar-refractivity contribution in [3.05, 3.63) is 71.3 Å². The van der Waals surface area contributed by atoms with Crippen LogP contribution in [-0.2, 0) is 16.9 Å². The number of carbonyl (C=O) groups excluding carboxylic acids is 1. The van der Waals surface area contributed by atoms with Gasteiger partial charge in [0, 0.05) is 37.2 Å². The molecule has 6 heteroatoms. The van der Waals surface area contributed by atoms with Gasteiger partial charge in [-0.2, -0.15) is 0 Å². The van der Waals surface area contributed by atoms with E-state index < -0.39 is 17.2 Å². The van der Waals surface area contributed by atoms with E-state index in [4.69, 9.17) is 0 Å². The van der Waals surface area contributed by atoms with E-state index in [-0.39, 0.29) is 41.8 Å². The normalized spacial score (nSPS) is 27.5. The Morgan fingerprint density at radius 3 is 2.22 bits per heavy atom. The highest BCUT2D eigenvalue weighted by Gasteiger charge is 2.58. The number of fused-ring (bicyclic) bond motifs is 1. The fourth-order valence-corrected chi connectivity index (χ4v) is 5.89. The molecule has 2 saturated carbocycles. The molecule has 5 rings (SSSR count). The first-order valence-electron chi connectivity index (χ1n) is 11.7. The molecule has 32 heavy (non-hydrogen) atoms. The molecule has 2 aromatic carbocycles. The van der Waals surface area contributed by atoms with Crippen molar-refractivity contribution in [1.29, 1.82) is 0 Å². The maximum Gasteiger partial charge on any atom is 0.257 e. The van der Waals surface area contributed by atoms with Gasteiger partial charge in [0.1, 0.15) is 11.6 Å². The number of nitrogens with zero attached hydrogens (tertiary/aromatic N) is 1. The van der Waals surface area contributed by atoms with E-state index in [0.29, 0.717) is 18.7 Å². The summed E-state index contributed by atoms with van der Waals surface area (Å²) in [7, 11) is 0. The van der Waals surface area contributed by atoms with Crippen LogP contribution >= 0.6 is 0 Å². The molecule has 2 N–H and O–H groups in total. The van der Waals surface area contributed by atoms with Crippen molar-refractivity contribution < 1.29 is 18.7 Å². The number of nitrogens with one attached hydrogen (secondary N) is 1. The summed E-state index contributed by atoms with van der Waals surface area (Å²) in [6.45, 7) is 1.62. The molecule has 3 atom stereocenters. The van der Waals surface area contributed by atoms with Crippen molar-refractivity contribution in [2.45, 2.75) is 50.3 Å². The van der Waals surface area contributed by atoms with Gasteiger partial charge in [0.25, 0.3) is 5.91 Å². The van der Waals surface area contributed by atoms with Crippen molar-refractivity contribution >= 4 is 5.91 Å². The summed E-state index contributed by atoms with van der Waals surface area (Å²) < 4.78 is 28.0. The predicted octanol–water partition coefficient (Wildman–Crippen LogP) is 3.98. The zero-order chi connectivity index (χ0) is 22.3. The van der Waals surface area contributed by atoms with Crippen LogP contribution in [0, 0.1) is 29.4 Å². The van der Waals surface area contributed by atoms with E-state index in [9.17, 15) is 18.7 Å². The highest BCUT2D eigenvalue weighted by molar-refractivity contribution is 5.87. The molecule has 170 valence electrons. The van der Waals surface area contributed by atoms with Crippen LogP contribution in [0.5, 0.6) is 0 Å². The van der Waals surface area contributed by atoms with Crippen LogP contribution in [0.15, 0.2) is 48.5 Å². The van der Waals surface area contributed by atoms with E-state index in [0.717, 1.165) is 32.1 Å². The molecule has 4 nitrogen and oxygen atoms in total. The molecule has 2 aromatic rings. The van der Waals surface area contributed by atoms with Crippen LogP contribution in [0.1, 0.15) is 43.2 Å². The second-order valence-corrected chi connectivity index (χ2v) is 9.69. The molecular formula is C26H30F2N2O2. The second kappa shape index (κ2) is 8.56. The average Bonchev–Trinajstić information content (AvgIpc) is 3.25. The first-order valence-corrected chi connectivity index (χ1v) is 11.7. The second-order valence-electron chi connectivity index (χ2n) is 9.69. The molecule has 0 radical (unpaired) electrons. The Labute approximate surface area is 187 Å². The monoisotopic (exact) mass is 440 g/mol. The minimum absolute atomic E-state index is 0.0167. The maximum atomic E-state index is 14.0. The molecule has 0 spiro atoms. The molecule has 3 unspecified atom stereocenters. The van der Waals surface area contributed by atoms with Crippen molar-refractivity contribution in [3.63, 3.8) is 0 Å². The Morgan fingerprint density at radius 2 is 1.59 bits per heavy atom. The smallest absolute Gasteiger partial charge is 0.257 e. The highest BCUT2D eigenvalue weighted by atomic mass is 19.1. The third kappa shape index (κ3) is 3.84. The summed E-state index contributed by atoms with van der Waals surface area (Å²) in [5.41, 5.74) is -0.758. The summed E-state index contributed by atoms with van der Waals surface area (Å²) in [6, 6.07) is 13.3. The molecule has 1 aliphatic heterocycles. The highest BCUT2D eigenvalue weighted by Crippen LogP contribution is 2.47. The quantitative estimate of drug-likeness (QED) is 0.715. The van der Waals surface area contributed by atoms with Gasteiger partial charge >= 0.3 is 0 Å². The number of hydrogen-bond donors (Lipinski definition) is 2. The van der Waals surface area contributed by atoms with Crippen molar-refractivity contribution in [2.24, 2.45) is 17.8 Å². The molecule has 1 saturated heterocycles. The van der Waals surface area contributed by atoms with Gasteiger partial charge in [-0.1, -0.05) is 55.7 Å². The van der Waals surface area contributed by atoms with Crippen LogP contribution in [-0.4, -0.2) is 35.0 Å². The Balaban J connectivity index is 1.24. The standard InChI is InChI=1S/C26H30F2N2O2/c27-22-12-7-13-23(28)21(22)16-30-14-19-20(15-30)24(19)29-25(31)26(32,17-8-3-1-4-9-17)18-10-5-2-6-11-18/h1,3-4,7-9,12-13,18-20,24,32H,2,5-6,10-11,14-16H2,(H,29,31). The van der Waals surface area contributed by atoms with Gasteiger partial charge in [-0.05, 0) is 42.4 Å². The molecule has 0 aromatic heterocycles. The lowest BCUT2D eigenvalue weighted by Gasteiger charge is -2.38. The molecule has 3 aliphatic rings. The Bertz CT molecular complexity index is 947. The first-order chi connectivity index (χ1) is 15.5. The number of likely N-dealkylation sites (tertiary alicyclic amines) is 1. The van der Waals surface area contributed by atoms with Gasteiger partial charge < -0.3 is 10.4 Å². The number of piperidine rings is 1. The van der Waals surface area contributed by atoms with Crippen LogP contribution < -0.4 is 5.32 Å². The summed E-state index contributed by atoms with van der Waals surface area (Å²) in [6.07, 6.45) is 4.90. The molecule has 1 amide bonds. The Hall–Kier alpha value is -2.31. The van der Waals surface area contributed by atoms with Crippen LogP contribution in [0.25, 0.3) is 0 Å². The molecular weight excluding hydrogens is 410 g/mol. The summed E-state index contributed by atoms with van der Waals surface area (Å²) in [5.74, 6) is -0.897. The number of aliphatic hydroxyl groups is 1. The van der Waals surface area contributed by atoms with Gasteiger partial charge in [-0.3, -0.25) is 9.69 Å². The lowest BCUT2D eigenvalue weighted by atomic mass is 9.73. The van der Waals surface area contributed by atoms with E-state index >= 15 is 0 Å². The lowest BCUT2D eigenvalue weighted by Crippen LogP contribution is -2.51. The number of amides is 1. The molecule has 2 aliphatic carbocycles. The summed E-state index contributed by atoms with van der Waals surface area (Å²) >= 11 is 0. The fraction of sp³-hybridized carbons (Fsp3) is 0.500. The van der Waals surface area contributed by atoms with Gasteiger partial charge in [0.2, 0.25) is 0 Å². The first kappa shape index (κ1) is 21.5. The third-order valence-corrected chi connectivity index (χ3v) is 7.77. The zero-order valence-corrected chi connectivity index (χ0v) is 18.1. The van der Waals surface area contributed by atoms with E-state index in [2.05, 4.69) is 5.32 Å². The lowest BCUT2D eigenvalue weighted by molar-refractivity contribution is -0.149. The minimum atomic E-state index is -1.52. The predicted molar refractivity (Wildman–Crippen MR) is 117 cm³/mol. The van der Waals surface area contributed by atoms with Gasteiger partial charge in [-0.25, -0.2) is 8.78 Å². The number of rotatable bonds is 6. The average molecular weight is 441 g/mol. The molecule has 1 heterocycles. The number of carbonyl (C=O) groups is 1. The van der Waals surface area contributed by atoms with E-state index in [1.54, 1.807) is 0 Å². The minimum Gasteiger partial charge on any atom is -0.375 e. The topological polar surface area (TPSA) is 52.6 Å². The van der Waals surface area contributed by atoms with Gasteiger partial charge in [0.05, 0.1) is 0 Å². The largest absolute Gasteiger partial charge is 0.375 e. The van der Waals surface area contributed by atoms with Crippen molar-refractivity contribution in [3.8, 4) is 0 Å². The van der Waals surface area contributed by atoms with Crippen LogP contribution in [0.4, 0.5) is 8.78 Å². The van der Waals surface area contributed by atoms with Crippen molar-refractivity contribution in [2.75, 3.05) is 13.1 Å². The Kier molecular flexibility index (Phi) is 5.76. The SMILES string of the molecule is O=C(NC1C2CN(Cc3c(F)cccc3F)CC21)C(O)(c1ccccc1)C1CCCCC1. The number of hydrogen-bond acceptors (Lipinski definition) is 3. The van der Waals surface area contributed by atoms with E-state index in [1.165, 1.54) is 18.2 Å². The summed E-state index contributed by atoms with van der Waals surface area (Å²) in [5, 5.41) is 14.9. The number of halogens is 2. The maximum absolute atomic E-state index is 14.0. The van der Waals surface area contributed by atoms with Gasteiger partial charge in [-0.15, -0.1) is 0 Å². The fourth-order valence-electron chi connectivity index (χ4n) is 5.89. The van der Waals surface area contributed by atoms with Crippen LogP contribution in [0.2, 0.25) is 0 Å². The van der Waals surface area contributed by atoms with Gasteiger partial charge in [0.15, 0.2) is 5.60 Å². The van der Waals surface area contributed by atoms with Crippen LogP contribution in [0.3, 0.4) is 0 Å². The molecule has 3 fully saturated rings. The number of benzene rings is 2. The zero-order valence-electron chi connectivity index (χ0n) is 18.1. The van der Waals surface area contributed by atoms with Crippen molar-refractivity contribution in [1.82, 2.24) is 10.2 Å². The summed E-state index contributed by atoms with van der Waals surface area (Å²) in [4.78, 5) is 15.5.